The van der Waals surface area contributed by atoms with E-state index in [9.17, 15) is 0 Å². The van der Waals surface area contributed by atoms with Crippen LogP contribution >= 0.6 is 12.2 Å². The van der Waals surface area contributed by atoms with Gasteiger partial charge in [-0.05, 0) is 48.3 Å². The molecule has 4 unspecified atom stereocenters. The molecule has 1 rings (SSSR count). The first-order chi connectivity index (χ1) is 7.23. The minimum absolute atomic E-state index is 0.00605. The average molecular weight is 236 g/mol. The minimum Gasteiger partial charge on any atom is -0.0897 e. The fraction of sp³-hybridized carbons (Fsp3) is 0.929. The number of hydrogen-bond acceptors (Lipinski definition) is 1. The molecule has 0 aliphatic heterocycles. The highest BCUT2D eigenvalue weighted by Crippen LogP contribution is 2.51. The van der Waals surface area contributed by atoms with Gasteiger partial charge in [-0.1, -0.05) is 51.6 Å². The van der Waals surface area contributed by atoms with Gasteiger partial charge in [0, 0.05) is 0 Å². The summed E-state index contributed by atoms with van der Waals surface area (Å²) < 4.78 is 0. The first kappa shape index (κ1) is 14.2. The fourth-order valence-electron chi connectivity index (χ4n) is 2.97. The van der Waals surface area contributed by atoms with Crippen LogP contribution in [0.1, 0.15) is 53.9 Å². The molecule has 1 fully saturated rings. The summed E-state index contributed by atoms with van der Waals surface area (Å²) in [4.78, 5) is 1.16. The van der Waals surface area contributed by atoms with Gasteiger partial charge in [0.1, 0.15) is 0 Å². The van der Waals surface area contributed by atoms with E-state index >= 15 is 0 Å². The maximum Gasteiger partial charge on any atom is 0.0742 e. The van der Waals surface area contributed by atoms with Crippen molar-refractivity contribution in [3.05, 3.63) is 0 Å². The van der Waals surface area contributed by atoms with E-state index in [0.29, 0.717) is 11.8 Å². The lowest BCUT2D eigenvalue weighted by molar-refractivity contribution is 0.301. The summed E-state index contributed by atoms with van der Waals surface area (Å²) in [6.07, 6.45) is 3.50. The highest BCUT2D eigenvalue weighted by Gasteiger charge is 2.39. The van der Waals surface area contributed by atoms with Gasteiger partial charge < -0.3 is 0 Å². The van der Waals surface area contributed by atoms with Crippen LogP contribution in [-0.2, 0) is 0 Å². The van der Waals surface area contributed by atoms with Crippen molar-refractivity contribution in [1.82, 2.24) is 0 Å². The second kappa shape index (κ2) is 5.20. The number of hydrogen-bond donors (Lipinski definition) is 0. The molecule has 16 heavy (non-hydrogen) atoms. The molecule has 0 aromatic heterocycles. The molecule has 0 spiro atoms. The van der Waals surface area contributed by atoms with Crippen molar-refractivity contribution in [3.8, 4) is 0 Å². The summed E-state index contributed by atoms with van der Waals surface area (Å²) in [5, 5.41) is 0.00605. The summed E-state index contributed by atoms with van der Waals surface area (Å²) in [5.74, 6) is 2.82. The zero-order valence-electron chi connectivity index (χ0n) is 11.4. The third-order valence-corrected chi connectivity index (χ3v) is 4.62. The summed E-state index contributed by atoms with van der Waals surface area (Å²) in [6.45, 7) is 11.2. The summed E-state index contributed by atoms with van der Waals surface area (Å²) in [6, 6.07) is 0. The van der Waals surface area contributed by atoms with Crippen LogP contribution in [0, 0.1) is 23.7 Å². The van der Waals surface area contributed by atoms with Gasteiger partial charge in [0.15, 0.2) is 0 Å². The molecule has 2 heteroatoms. The van der Waals surface area contributed by atoms with Gasteiger partial charge in [-0.25, -0.2) is 0 Å². The third kappa shape index (κ3) is 3.58. The van der Waals surface area contributed by atoms with Gasteiger partial charge in [0.25, 0.3) is 0 Å². The Kier molecular flexibility index (Phi) is 4.62. The van der Waals surface area contributed by atoms with E-state index in [2.05, 4.69) is 34.6 Å². The van der Waals surface area contributed by atoms with Crippen LogP contribution in [0.25, 0.3) is 0 Å². The minimum atomic E-state index is 0.00605. The molecule has 1 saturated carbocycles. The van der Waals surface area contributed by atoms with E-state index < -0.39 is 0 Å². The molecule has 2 radical (unpaired) electrons. The van der Waals surface area contributed by atoms with E-state index in [1.54, 1.807) is 0 Å². The summed E-state index contributed by atoms with van der Waals surface area (Å²) in [5.41, 5.74) is 0. The lowest BCUT2D eigenvalue weighted by Crippen LogP contribution is -2.19. The molecule has 0 heterocycles. The predicted molar refractivity (Wildman–Crippen MR) is 77.2 cm³/mol. The molecule has 0 aromatic carbocycles. The predicted octanol–water partition coefficient (Wildman–Crippen LogP) is 4.43. The topological polar surface area (TPSA) is 0 Å². The van der Waals surface area contributed by atoms with Crippen LogP contribution in [0.15, 0.2) is 0 Å². The quantitative estimate of drug-likeness (QED) is 0.514. The lowest BCUT2D eigenvalue weighted by Gasteiger charge is -2.24. The maximum atomic E-state index is 6.29. The van der Waals surface area contributed by atoms with Gasteiger partial charge in [0.05, 0.1) is 7.85 Å². The molecule has 1 aliphatic carbocycles. The smallest absolute Gasteiger partial charge is 0.0742 e. The molecular formula is C14H25BS. The molecule has 0 bridgehead atoms. The summed E-state index contributed by atoms with van der Waals surface area (Å²) in [7, 11) is 6.29. The molecule has 0 saturated heterocycles. The maximum absolute atomic E-state index is 6.29. The number of rotatable bonds is 4. The lowest BCUT2D eigenvalue weighted by atomic mass is 9.68. The van der Waals surface area contributed by atoms with Crippen LogP contribution in [0.3, 0.4) is 0 Å². The van der Waals surface area contributed by atoms with Crippen molar-refractivity contribution < 1.29 is 0 Å². The molecule has 1 aliphatic rings. The van der Waals surface area contributed by atoms with Gasteiger partial charge in [-0.2, -0.15) is 0 Å². The Hall–Kier alpha value is 0.155. The molecule has 0 amide bonds. The monoisotopic (exact) mass is 236 g/mol. The van der Waals surface area contributed by atoms with Gasteiger partial charge in [-0.3, -0.25) is 0 Å². The normalized spacial score (nSPS) is 36.6. The largest absolute Gasteiger partial charge is 0.0897 e. The fourth-order valence-corrected chi connectivity index (χ4v) is 3.24. The Balaban J connectivity index is 2.67. The van der Waals surface area contributed by atoms with E-state index in [4.69, 9.17) is 20.1 Å². The second-order valence-corrected chi connectivity index (χ2v) is 7.14. The van der Waals surface area contributed by atoms with Crippen molar-refractivity contribution in [2.45, 2.75) is 59.2 Å². The van der Waals surface area contributed by atoms with E-state index in [0.717, 1.165) is 29.5 Å². The Labute approximate surface area is 108 Å². The van der Waals surface area contributed by atoms with E-state index in [-0.39, 0.29) is 5.31 Å². The Morgan fingerprint density at radius 1 is 1.38 bits per heavy atom. The Bertz CT molecular complexity index is 257. The molecule has 0 aromatic rings. The average Bonchev–Trinajstić information content (AvgIpc) is 2.41. The highest BCUT2D eigenvalue weighted by molar-refractivity contribution is 7.80. The SMILES string of the molecule is [B]C1(C)CC(CC(C)C(C)C)C(C(C)=S)C1. The zero-order chi connectivity index (χ0) is 12.5. The third-order valence-electron chi connectivity index (χ3n) is 4.32. The van der Waals surface area contributed by atoms with Crippen LogP contribution in [0.5, 0.6) is 0 Å². The van der Waals surface area contributed by atoms with E-state index in [1.807, 2.05) is 0 Å². The highest BCUT2D eigenvalue weighted by atomic mass is 32.1. The molecular weight excluding hydrogens is 211 g/mol. The Morgan fingerprint density at radius 3 is 2.38 bits per heavy atom. The van der Waals surface area contributed by atoms with Gasteiger partial charge in [-0.15, -0.1) is 0 Å². The van der Waals surface area contributed by atoms with Gasteiger partial charge >= 0.3 is 0 Å². The Morgan fingerprint density at radius 2 is 1.94 bits per heavy atom. The summed E-state index contributed by atoms with van der Waals surface area (Å²) >= 11 is 5.40. The van der Waals surface area contributed by atoms with Crippen LogP contribution in [-0.4, -0.2) is 12.7 Å². The van der Waals surface area contributed by atoms with Crippen molar-refractivity contribution >= 4 is 24.9 Å². The standard InChI is InChI=1S/C14H25BS/c1-9(2)10(3)6-12-7-14(5,15)8-13(12)11(4)16/h9-10,12-13H,6-8H2,1-5H3. The first-order valence-corrected chi connectivity index (χ1v) is 6.93. The number of thiocarbonyl (C=S) groups is 1. The molecule has 0 nitrogen and oxygen atoms in total. The molecule has 4 atom stereocenters. The first-order valence-electron chi connectivity index (χ1n) is 6.52. The second-order valence-electron chi connectivity index (χ2n) is 6.50. The van der Waals surface area contributed by atoms with Crippen molar-refractivity contribution in [1.29, 1.82) is 0 Å². The molecule has 0 N–H and O–H groups in total. The van der Waals surface area contributed by atoms with E-state index in [1.165, 1.54) is 6.42 Å². The zero-order valence-corrected chi connectivity index (χ0v) is 12.2. The van der Waals surface area contributed by atoms with Gasteiger partial charge in [0.2, 0.25) is 0 Å². The van der Waals surface area contributed by atoms with Crippen LogP contribution < -0.4 is 0 Å². The van der Waals surface area contributed by atoms with Crippen molar-refractivity contribution in [2.24, 2.45) is 23.7 Å². The molecule has 90 valence electrons. The van der Waals surface area contributed by atoms with Crippen LogP contribution in [0.2, 0.25) is 5.31 Å². The van der Waals surface area contributed by atoms with Crippen molar-refractivity contribution in [3.63, 3.8) is 0 Å². The van der Waals surface area contributed by atoms with Crippen LogP contribution in [0.4, 0.5) is 0 Å². The van der Waals surface area contributed by atoms with Crippen molar-refractivity contribution in [2.75, 3.05) is 0 Å².